The van der Waals surface area contributed by atoms with E-state index in [-0.39, 0.29) is 111 Å². The van der Waals surface area contributed by atoms with Crippen LogP contribution in [0.1, 0.15) is 268 Å². The molecular weight excluding hydrogens is 1660 g/mol. The molecular formula is C88H138N13O19P3Si. The van der Waals surface area contributed by atoms with Crippen molar-refractivity contribution in [1.29, 1.82) is 0 Å². The van der Waals surface area contributed by atoms with Crippen LogP contribution in [0, 0.1) is 55.4 Å². The minimum atomic E-state index is -1.74. The molecule has 6 bridgehead atoms. The largest absolute Gasteiger partial charge is 0.368 e. The maximum atomic E-state index is 13.1. The van der Waals surface area contributed by atoms with Crippen LogP contribution in [0.25, 0.3) is 14.5 Å². The summed E-state index contributed by atoms with van der Waals surface area (Å²) >= 11 is 0. The smallest absolute Gasteiger partial charge is 0.330 e. The summed E-state index contributed by atoms with van der Waals surface area (Å²) in [7, 11) is -6.40. The summed E-state index contributed by atoms with van der Waals surface area (Å²) in [5.74, 6) is 10.9. The second kappa shape index (κ2) is 50.5. The fraction of sp³-hybridized carbons (Fsp3) is 0.750. The molecule has 6 fully saturated rings. The van der Waals surface area contributed by atoms with Crippen LogP contribution in [0.15, 0.2) is 47.4 Å². The lowest BCUT2D eigenvalue weighted by Gasteiger charge is -2.38. The molecule has 6 aliphatic heterocycles. The monoisotopic (exact) mass is 1800 g/mol. The van der Waals surface area contributed by atoms with E-state index < -0.39 is 140 Å². The van der Waals surface area contributed by atoms with E-state index in [9.17, 15) is 33.6 Å². The topological polar surface area (TPSA) is 327 Å². The number of terminal acetylenes is 1. The van der Waals surface area contributed by atoms with Crippen LogP contribution in [0.4, 0.5) is 0 Å². The van der Waals surface area contributed by atoms with Gasteiger partial charge in [-0.15, -0.1) is 12.0 Å². The van der Waals surface area contributed by atoms with Crippen molar-refractivity contribution in [2.24, 2.45) is 0 Å². The number of nitrogens with zero attached hydrogens (tertiary/aromatic N) is 9. The summed E-state index contributed by atoms with van der Waals surface area (Å²) in [5, 5.41) is 2.82. The fourth-order valence-electron chi connectivity index (χ4n) is 16.1. The van der Waals surface area contributed by atoms with Crippen molar-refractivity contribution in [3.05, 3.63) is 132 Å². The molecule has 32 nitrogen and oxygen atoms in total. The Kier molecular flexibility index (Phi) is 42.6. The predicted molar refractivity (Wildman–Crippen MR) is 484 cm³/mol. The quantitative estimate of drug-likeness (QED) is 0.0134. The van der Waals surface area contributed by atoms with Crippen LogP contribution < -0.4 is 39.1 Å². The van der Waals surface area contributed by atoms with Gasteiger partial charge in [0.2, 0.25) is 25.5 Å². The summed E-state index contributed by atoms with van der Waals surface area (Å²) < 4.78 is 86.4. The molecule has 6 aliphatic rings. The third-order valence-electron chi connectivity index (χ3n) is 22.3. The van der Waals surface area contributed by atoms with E-state index in [4.69, 9.17) is 81.7 Å². The second-order valence-corrected chi connectivity index (χ2v) is 43.8. The molecule has 0 aliphatic carbocycles. The average Bonchev–Trinajstić information content (AvgIpc) is 1.58. The highest BCUT2D eigenvalue weighted by atomic mass is 31.2. The maximum absolute atomic E-state index is 13.1. The van der Waals surface area contributed by atoms with Crippen LogP contribution in [0.5, 0.6) is 0 Å². The number of rotatable bonds is 47. The van der Waals surface area contributed by atoms with Crippen molar-refractivity contribution in [1.82, 2.24) is 48.0 Å². The molecule has 0 aromatic carbocycles. The number of fused-ring (bicyclic) bond motifs is 6. The van der Waals surface area contributed by atoms with Crippen molar-refractivity contribution in [2.45, 2.75) is 361 Å². The average molecular weight is 1800 g/mol. The predicted octanol–water partition coefficient (Wildman–Crippen LogP) is 13.8. The lowest BCUT2D eigenvalue weighted by Crippen LogP contribution is -2.43. The third-order valence-corrected chi connectivity index (χ3v) is 29.6. The molecule has 124 heavy (non-hydrogen) atoms. The van der Waals surface area contributed by atoms with Crippen molar-refractivity contribution in [2.75, 3.05) is 65.8 Å². The van der Waals surface area contributed by atoms with E-state index in [1.165, 1.54) is 109 Å². The number of H-pyrrole nitrogens is 3. The first-order valence-electron chi connectivity index (χ1n) is 44.4. The minimum Gasteiger partial charge on any atom is -0.368 e. The first-order chi connectivity index (χ1) is 59.1. The Balaban J connectivity index is 0.000000265. The number of carbonyl (C=O) groups is 1. The van der Waals surface area contributed by atoms with Gasteiger partial charge in [-0.2, -0.15) is 0 Å². The number of hydrogen-bond donors (Lipinski definition) is 4. The van der Waals surface area contributed by atoms with Gasteiger partial charge in [-0.1, -0.05) is 161 Å². The van der Waals surface area contributed by atoms with Gasteiger partial charge in [0.1, 0.15) is 98.0 Å². The molecule has 4 N–H and O–H groups in total. The van der Waals surface area contributed by atoms with E-state index in [0.29, 0.717) is 38.9 Å². The minimum absolute atomic E-state index is 0.0273. The molecule has 36 heteroatoms. The number of hydrogen-bond acceptors (Lipinski definition) is 22. The molecule has 3 aromatic heterocycles. The van der Waals surface area contributed by atoms with Crippen molar-refractivity contribution in [3.8, 4) is 35.6 Å². The van der Waals surface area contributed by atoms with Crippen LogP contribution in [0.3, 0.4) is 0 Å². The molecule has 688 valence electrons. The number of aromatic amines is 3. The van der Waals surface area contributed by atoms with Crippen molar-refractivity contribution >= 4 is 39.6 Å². The van der Waals surface area contributed by atoms with Gasteiger partial charge in [0.05, 0.1) is 26.4 Å². The highest BCUT2D eigenvalue weighted by molar-refractivity contribution is 7.45. The Morgan fingerprint density at radius 1 is 0.500 bits per heavy atom. The van der Waals surface area contributed by atoms with Crippen LogP contribution in [-0.4, -0.2) is 212 Å². The lowest BCUT2D eigenvalue weighted by atomic mass is 9.96. The summed E-state index contributed by atoms with van der Waals surface area (Å²) in [6, 6.07) is 0.780. The van der Waals surface area contributed by atoms with Crippen molar-refractivity contribution < 1.29 is 60.4 Å². The number of carbonyl (C=O) groups excluding carboxylic acids is 1. The number of ether oxygens (including phenoxy) is 6. The molecule has 9 rings (SSSR count). The van der Waals surface area contributed by atoms with Gasteiger partial charge < -0.3 is 75.4 Å². The van der Waals surface area contributed by atoms with Gasteiger partial charge in [0.25, 0.3) is 42.3 Å². The standard InChI is InChI=1S/C41H68N5O7P.C25H39N4O6PSi.C22H31N4O6P/c1-8-10-11-12-13-14-15-16-17-18-19-20-21-22-23-26-35(47)43-27-24-25-34-30-45(40(49)44-38(34)48)39-36-37(41(9-2,52-39)31-50-36)53-54(51-29-28-42-7)46(32(3)4)33(5)6;1-10-25-16-32-20(21(25)35-36(33-13-12-26-6)29(17(2)3)18(4)5)23(34-25)28-15-19(11-14-37(7,8)9)22(30)27-24(28)31;1-8-16-12-25(21(28)24-19(16)27)20-17-18(22(9-2,31-20)13-29-17)32-33(30-11-10-23-7)26(14(3)4)15(5)6/h30,32-33,36-37,39H,8-23,26-29,31H2,1-6H3,(H,43,47)(H,44,48,49);15,17-18,20-21,23H,10,12-13,16H2,1-5,7-9H3,(H,27,30,31);1,12,14-15,17-18,20H,9-11,13H2,2-6H3,(H,24,27,28)/t36-,37?,39+,41-,54?;20-,21?,23+,25-,36?;17-,18?,20+,22-,33?/m000/s1. The first kappa shape index (κ1) is 105. The summed E-state index contributed by atoms with van der Waals surface area (Å²) in [6.07, 6.45) is 25.1. The van der Waals surface area contributed by atoms with E-state index in [1.54, 1.807) is 0 Å². The molecule has 0 saturated carbocycles. The highest BCUT2D eigenvalue weighted by Gasteiger charge is 2.66. The third kappa shape index (κ3) is 28.0. The second-order valence-electron chi connectivity index (χ2n) is 34.8. The fourth-order valence-corrected chi connectivity index (χ4v) is 22.0. The molecule has 0 radical (unpaired) electrons. The zero-order valence-corrected chi connectivity index (χ0v) is 80.3. The van der Waals surface area contributed by atoms with Gasteiger partial charge in [0, 0.05) is 61.3 Å². The Bertz CT molecular complexity index is 4570. The summed E-state index contributed by atoms with van der Waals surface area (Å²) in [4.78, 5) is 105. The van der Waals surface area contributed by atoms with Gasteiger partial charge in [-0.05, 0) is 109 Å². The maximum Gasteiger partial charge on any atom is 0.330 e. The van der Waals surface area contributed by atoms with Gasteiger partial charge in [-0.3, -0.25) is 47.8 Å². The van der Waals surface area contributed by atoms with E-state index in [1.807, 2.05) is 20.8 Å². The molecule has 1 amide bonds. The SMILES string of the molecule is [C-]#[N+]CCOP(OC1[C@@H]2OC[C@]1(CC)O[C@H]2n1cc(C#C)c(=O)[nH]c1=O)N(C(C)C)C(C)C.[C-]#[N+]CCOP(OC1[C@@H]2OC[C@]1(CC)O[C@H]2n1cc(C#CCNC(=O)CCCCCCCCCCCCCCCCC)c(=O)[nH]c1=O)N(C(C)C)C(C)C.[C-]#[N+]CCOP(OC1[C@@H]2OC[C@]1(CC)O[C@H]2n1cc(C#C[Si](C)(C)C)c(=O)[nH]c1=O)N(C(C)C)C(C)C. The molecule has 6 saturated heterocycles. The highest BCUT2D eigenvalue weighted by Crippen LogP contribution is 2.59. The normalized spacial score (nSPS) is 24.2. The van der Waals surface area contributed by atoms with E-state index in [0.717, 1.165) is 19.3 Å². The van der Waals surface area contributed by atoms with Crippen molar-refractivity contribution in [3.63, 3.8) is 0 Å². The van der Waals surface area contributed by atoms with E-state index in [2.05, 4.69) is 188 Å². The molecule has 3 aromatic rings. The summed E-state index contributed by atoms with van der Waals surface area (Å²) in [5.41, 5.74) is -2.52. The van der Waals surface area contributed by atoms with Gasteiger partial charge in [0.15, 0.2) is 18.7 Å². The van der Waals surface area contributed by atoms with E-state index >= 15 is 0 Å². The van der Waals surface area contributed by atoms with Crippen LogP contribution >= 0.6 is 25.6 Å². The van der Waals surface area contributed by atoms with Gasteiger partial charge >= 0.3 is 17.1 Å². The molecule has 0 spiro atoms. The number of nitrogens with one attached hydrogen (secondary N) is 4. The Hall–Kier alpha value is -6.43. The number of aromatic nitrogens is 6. The van der Waals surface area contributed by atoms with Crippen LogP contribution in [-0.2, 0) is 60.4 Å². The number of amides is 1. The Morgan fingerprint density at radius 2 is 0.798 bits per heavy atom. The lowest BCUT2D eigenvalue weighted by molar-refractivity contribution is -0.175. The zero-order valence-electron chi connectivity index (χ0n) is 76.6. The number of unbranched alkanes of at least 4 members (excludes halogenated alkanes) is 14. The summed E-state index contributed by atoms with van der Waals surface area (Å²) in [6.45, 7) is 63.1. The molecule has 15 atom stereocenters. The zero-order chi connectivity index (χ0) is 91.2. The molecule has 6 unspecified atom stereocenters. The van der Waals surface area contributed by atoms with Gasteiger partial charge in [-0.25, -0.2) is 48.1 Å². The molecule has 9 heterocycles. The first-order valence-corrected chi connectivity index (χ1v) is 51.3. The Morgan fingerprint density at radius 3 is 1.09 bits per heavy atom. The Labute approximate surface area is 738 Å². The van der Waals surface area contributed by atoms with Crippen LogP contribution in [0.2, 0.25) is 19.6 Å².